The Labute approximate surface area is 199 Å². The van der Waals surface area contributed by atoms with E-state index in [9.17, 15) is 9.59 Å². The quantitative estimate of drug-likeness (QED) is 0.620. The molecule has 0 unspecified atom stereocenters. The topological polar surface area (TPSA) is 61.4 Å². The van der Waals surface area contributed by atoms with Gasteiger partial charge in [-0.1, -0.05) is 47.6 Å². The molecule has 0 aliphatic heterocycles. The number of halogens is 1. The molecule has 0 fully saturated rings. The molecule has 0 aliphatic rings. The van der Waals surface area contributed by atoms with E-state index < -0.39 is 0 Å². The number of carbonyl (C=O) groups is 2. The molecule has 2 N–H and O–H groups in total. The molecule has 0 saturated heterocycles. The largest absolute Gasteiger partial charge is 0.351 e. The van der Waals surface area contributed by atoms with Crippen LogP contribution in [0.3, 0.4) is 0 Å². The van der Waals surface area contributed by atoms with E-state index in [-0.39, 0.29) is 35.1 Å². The Hall–Kier alpha value is -2.37. The molecule has 2 aromatic rings. The van der Waals surface area contributed by atoms with E-state index in [4.69, 9.17) is 0 Å². The van der Waals surface area contributed by atoms with Gasteiger partial charge in [0, 0.05) is 29.9 Å². The van der Waals surface area contributed by atoms with Crippen LogP contribution >= 0.6 is 12.4 Å². The van der Waals surface area contributed by atoms with Crippen molar-refractivity contribution in [3.05, 3.63) is 64.7 Å². The highest BCUT2D eigenvalue weighted by Crippen LogP contribution is 2.30. The molecular formula is C26H38ClN3O2. The molecule has 2 rings (SSSR count). The van der Waals surface area contributed by atoms with E-state index in [2.05, 4.69) is 58.2 Å². The molecule has 0 atom stereocenters. The highest BCUT2D eigenvalue weighted by Gasteiger charge is 2.22. The fourth-order valence-electron chi connectivity index (χ4n) is 3.03. The van der Waals surface area contributed by atoms with Gasteiger partial charge in [0.15, 0.2) is 0 Å². The van der Waals surface area contributed by atoms with Gasteiger partial charge in [-0.05, 0) is 72.5 Å². The molecule has 0 heterocycles. The van der Waals surface area contributed by atoms with Crippen molar-refractivity contribution in [2.75, 3.05) is 32.5 Å². The molecule has 6 heteroatoms. The van der Waals surface area contributed by atoms with Crippen LogP contribution < -0.4 is 10.6 Å². The van der Waals surface area contributed by atoms with Crippen LogP contribution in [0.15, 0.2) is 42.5 Å². The summed E-state index contributed by atoms with van der Waals surface area (Å²) < 4.78 is 0. The molecule has 5 nitrogen and oxygen atoms in total. The Balaban J connectivity index is 0.00000512. The minimum absolute atomic E-state index is 0. The Morgan fingerprint density at radius 1 is 0.781 bits per heavy atom. The van der Waals surface area contributed by atoms with E-state index in [1.807, 2.05) is 31.1 Å². The number of nitrogens with one attached hydrogen (secondary N) is 2. The standard InChI is InChI=1S/C26H37N3O2.ClH/c1-25(2,3)20-15-19(16-21(17-20)26(4,5)6)24(31)28-22-11-9-18(10-12-22)23(30)27-13-14-29(7)8;/h9-12,15-17H,13-14H2,1-8H3,(H,27,30)(H,28,31);1H. The smallest absolute Gasteiger partial charge is 0.255 e. The zero-order chi connectivity index (χ0) is 23.4. The minimum Gasteiger partial charge on any atom is -0.351 e. The predicted octanol–water partition coefficient (Wildman–Crippen LogP) is 5.25. The predicted molar refractivity (Wildman–Crippen MR) is 136 cm³/mol. The molecule has 0 aliphatic carbocycles. The van der Waals surface area contributed by atoms with E-state index in [0.717, 1.165) is 17.7 Å². The zero-order valence-electron chi connectivity index (χ0n) is 20.6. The summed E-state index contributed by atoms with van der Waals surface area (Å²) in [6.45, 7) is 14.3. The third kappa shape index (κ3) is 7.95. The zero-order valence-corrected chi connectivity index (χ0v) is 21.4. The second kappa shape index (κ2) is 11.0. The van der Waals surface area contributed by atoms with Crippen LogP contribution in [0.25, 0.3) is 0 Å². The van der Waals surface area contributed by atoms with E-state index >= 15 is 0 Å². The SMILES string of the molecule is CN(C)CCNC(=O)c1ccc(NC(=O)c2cc(C(C)(C)C)cc(C(C)(C)C)c2)cc1.Cl. The monoisotopic (exact) mass is 459 g/mol. The van der Waals surface area contributed by atoms with Crippen molar-refractivity contribution in [2.45, 2.75) is 52.4 Å². The Morgan fingerprint density at radius 3 is 1.72 bits per heavy atom. The lowest BCUT2D eigenvalue weighted by Crippen LogP contribution is -2.31. The number of amides is 2. The maximum absolute atomic E-state index is 13.0. The first-order valence-electron chi connectivity index (χ1n) is 10.8. The fraction of sp³-hybridized carbons (Fsp3) is 0.462. The maximum atomic E-state index is 13.0. The van der Waals surface area contributed by atoms with E-state index in [0.29, 0.717) is 23.4 Å². The molecule has 2 amide bonds. The normalized spacial score (nSPS) is 11.7. The molecule has 176 valence electrons. The molecule has 0 radical (unpaired) electrons. The highest BCUT2D eigenvalue weighted by atomic mass is 35.5. The van der Waals surface area contributed by atoms with E-state index in [1.165, 1.54) is 0 Å². The molecule has 0 aromatic heterocycles. The van der Waals surface area contributed by atoms with Crippen molar-refractivity contribution in [3.63, 3.8) is 0 Å². The number of rotatable bonds is 6. The molecule has 32 heavy (non-hydrogen) atoms. The first-order chi connectivity index (χ1) is 14.3. The summed E-state index contributed by atoms with van der Waals surface area (Å²) in [6, 6.07) is 13.1. The summed E-state index contributed by atoms with van der Waals surface area (Å²) in [5.74, 6) is -0.271. The van der Waals surface area contributed by atoms with Crippen LogP contribution in [0.4, 0.5) is 5.69 Å². The van der Waals surface area contributed by atoms with Gasteiger partial charge >= 0.3 is 0 Å². The van der Waals surface area contributed by atoms with Crippen LogP contribution in [0.5, 0.6) is 0 Å². The van der Waals surface area contributed by atoms with Gasteiger partial charge in [0.1, 0.15) is 0 Å². The summed E-state index contributed by atoms with van der Waals surface area (Å²) in [7, 11) is 3.93. The molecule has 2 aromatic carbocycles. The lowest BCUT2D eigenvalue weighted by atomic mass is 9.79. The van der Waals surface area contributed by atoms with Crippen LogP contribution in [-0.2, 0) is 10.8 Å². The van der Waals surface area contributed by atoms with Crippen molar-refractivity contribution in [1.29, 1.82) is 0 Å². The first-order valence-corrected chi connectivity index (χ1v) is 10.8. The van der Waals surface area contributed by atoms with E-state index in [1.54, 1.807) is 24.3 Å². The van der Waals surface area contributed by atoms with Crippen molar-refractivity contribution in [2.24, 2.45) is 0 Å². The molecular weight excluding hydrogens is 422 g/mol. The fourth-order valence-corrected chi connectivity index (χ4v) is 3.03. The summed E-state index contributed by atoms with van der Waals surface area (Å²) in [5, 5.41) is 5.85. The van der Waals surface area contributed by atoms with Gasteiger partial charge in [0.25, 0.3) is 11.8 Å². The average molecular weight is 460 g/mol. The average Bonchev–Trinajstić information content (AvgIpc) is 2.66. The Bertz CT molecular complexity index is 891. The molecule has 0 bridgehead atoms. The number of carbonyl (C=O) groups excluding carboxylic acids is 2. The Morgan fingerprint density at radius 2 is 1.28 bits per heavy atom. The van der Waals surface area contributed by atoms with Gasteiger partial charge < -0.3 is 15.5 Å². The third-order valence-corrected chi connectivity index (χ3v) is 5.18. The summed E-state index contributed by atoms with van der Waals surface area (Å²) in [4.78, 5) is 27.2. The summed E-state index contributed by atoms with van der Waals surface area (Å²) in [5.41, 5.74) is 4.03. The lowest BCUT2D eigenvalue weighted by Gasteiger charge is -2.26. The summed E-state index contributed by atoms with van der Waals surface area (Å²) in [6.07, 6.45) is 0. The second-order valence-corrected chi connectivity index (χ2v) is 10.4. The van der Waals surface area contributed by atoms with Crippen molar-refractivity contribution in [1.82, 2.24) is 10.2 Å². The van der Waals surface area contributed by atoms with Gasteiger partial charge in [-0.2, -0.15) is 0 Å². The minimum atomic E-state index is -0.153. The van der Waals surface area contributed by atoms with Crippen LogP contribution in [0.1, 0.15) is 73.4 Å². The summed E-state index contributed by atoms with van der Waals surface area (Å²) >= 11 is 0. The number of likely N-dealkylation sites (N-methyl/N-ethyl adjacent to an activating group) is 1. The molecule has 0 spiro atoms. The van der Waals surface area contributed by atoms with Crippen molar-refractivity contribution < 1.29 is 9.59 Å². The van der Waals surface area contributed by atoms with Gasteiger partial charge in [-0.3, -0.25) is 9.59 Å². The number of hydrogen-bond donors (Lipinski definition) is 2. The number of benzene rings is 2. The second-order valence-electron chi connectivity index (χ2n) is 10.4. The lowest BCUT2D eigenvalue weighted by molar-refractivity contribution is 0.0950. The Kier molecular flexibility index (Phi) is 9.49. The van der Waals surface area contributed by atoms with Gasteiger partial charge in [-0.15, -0.1) is 12.4 Å². The van der Waals surface area contributed by atoms with Crippen LogP contribution in [-0.4, -0.2) is 43.9 Å². The number of anilines is 1. The molecule has 0 saturated carbocycles. The maximum Gasteiger partial charge on any atom is 0.255 e. The highest BCUT2D eigenvalue weighted by molar-refractivity contribution is 6.05. The van der Waals surface area contributed by atoms with Crippen molar-refractivity contribution >= 4 is 29.9 Å². The van der Waals surface area contributed by atoms with Gasteiger partial charge in [0.05, 0.1) is 0 Å². The van der Waals surface area contributed by atoms with Crippen molar-refractivity contribution in [3.8, 4) is 0 Å². The van der Waals surface area contributed by atoms with Gasteiger partial charge in [-0.25, -0.2) is 0 Å². The number of hydrogen-bond acceptors (Lipinski definition) is 3. The van der Waals surface area contributed by atoms with Gasteiger partial charge in [0.2, 0.25) is 0 Å². The van der Waals surface area contributed by atoms with Crippen LogP contribution in [0, 0.1) is 0 Å². The third-order valence-electron chi connectivity index (χ3n) is 5.18. The first kappa shape index (κ1) is 27.7. The number of nitrogens with zero attached hydrogens (tertiary/aromatic N) is 1. The van der Waals surface area contributed by atoms with Crippen LogP contribution in [0.2, 0.25) is 0 Å².